The molecule has 100 valence electrons. The second kappa shape index (κ2) is 5.29. The lowest BCUT2D eigenvalue weighted by Gasteiger charge is -2.29. The van der Waals surface area contributed by atoms with Crippen LogP contribution in [0.3, 0.4) is 0 Å². The fourth-order valence-corrected chi connectivity index (χ4v) is 2.27. The van der Waals surface area contributed by atoms with E-state index in [4.69, 9.17) is 9.57 Å². The molecule has 3 heteroatoms. The van der Waals surface area contributed by atoms with Gasteiger partial charge in [0.1, 0.15) is 5.75 Å². The third kappa shape index (κ3) is 3.24. The van der Waals surface area contributed by atoms with Gasteiger partial charge in [-0.15, -0.1) is 0 Å². The van der Waals surface area contributed by atoms with Gasteiger partial charge in [0.05, 0.1) is 18.8 Å². The van der Waals surface area contributed by atoms with E-state index in [9.17, 15) is 0 Å². The zero-order valence-corrected chi connectivity index (χ0v) is 11.7. The molecule has 0 saturated carbocycles. The number of aryl methyl sites for hydroxylation is 1. The SMILES string of the molecule is COc1ccc2c(c1)C(NOC(C)(C)C)CCC2. The molecule has 2 rings (SSSR count). The van der Waals surface area contributed by atoms with Crippen LogP contribution in [-0.4, -0.2) is 12.7 Å². The number of hydrogen-bond acceptors (Lipinski definition) is 3. The van der Waals surface area contributed by atoms with Gasteiger partial charge >= 0.3 is 0 Å². The van der Waals surface area contributed by atoms with Crippen molar-refractivity contribution in [3.05, 3.63) is 29.3 Å². The summed E-state index contributed by atoms with van der Waals surface area (Å²) in [7, 11) is 1.71. The van der Waals surface area contributed by atoms with Gasteiger partial charge in [0.15, 0.2) is 0 Å². The molecule has 3 nitrogen and oxygen atoms in total. The van der Waals surface area contributed by atoms with Gasteiger partial charge in [0, 0.05) is 0 Å². The van der Waals surface area contributed by atoms with Crippen molar-refractivity contribution in [1.29, 1.82) is 0 Å². The monoisotopic (exact) mass is 249 g/mol. The van der Waals surface area contributed by atoms with Crippen LogP contribution >= 0.6 is 0 Å². The number of ether oxygens (including phenoxy) is 1. The Kier molecular flexibility index (Phi) is 3.93. The summed E-state index contributed by atoms with van der Waals surface area (Å²) in [6.45, 7) is 6.15. The van der Waals surface area contributed by atoms with Crippen LogP contribution < -0.4 is 10.2 Å². The van der Waals surface area contributed by atoms with Gasteiger partial charge in [-0.3, -0.25) is 4.84 Å². The number of nitrogens with one attached hydrogen (secondary N) is 1. The minimum atomic E-state index is -0.170. The van der Waals surface area contributed by atoms with E-state index in [0.29, 0.717) is 0 Å². The van der Waals surface area contributed by atoms with Crippen molar-refractivity contribution in [1.82, 2.24) is 5.48 Å². The van der Waals surface area contributed by atoms with Crippen LogP contribution in [0.15, 0.2) is 18.2 Å². The normalized spacial score (nSPS) is 19.4. The highest BCUT2D eigenvalue weighted by atomic mass is 16.7. The maximum Gasteiger partial charge on any atom is 0.119 e. The van der Waals surface area contributed by atoms with Crippen molar-refractivity contribution in [2.24, 2.45) is 0 Å². The lowest BCUT2D eigenvalue weighted by molar-refractivity contribution is -0.0911. The molecule has 0 amide bonds. The van der Waals surface area contributed by atoms with E-state index in [1.165, 1.54) is 17.5 Å². The molecule has 0 heterocycles. The minimum absolute atomic E-state index is 0.170. The molecule has 0 radical (unpaired) electrons. The third-order valence-electron chi connectivity index (χ3n) is 3.17. The Morgan fingerprint density at radius 1 is 1.28 bits per heavy atom. The lowest BCUT2D eigenvalue weighted by atomic mass is 9.88. The first-order chi connectivity index (χ1) is 8.49. The largest absolute Gasteiger partial charge is 0.497 e. The smallest absolute Gasteiger partial charge is 0.119 e. The van der Waals surface area contributed by atoms with Crippen molar-refractivity contribution in [3.8, 4) is 5.75 Å². The van der Waals surface area contributed by atoms with Crippen LogP contribution in [0.5, 0.6) is 5.75 Å². The molecule has 1 aliphatic rings. The Balaban J connectivity index is 2.15. The molecule has 0 aromatic heterocycles. The maximum absolute atomic E-state index is 5.71. The van der Waals surface area contributed by atoms with Gasteiger partial charge in [-0.2, -0.15) is 5.48 Å². The third-order valence-corrected chi connectivity index (χ3v) is 3.17. The van der Waals surface area contributed by atoms with Crippen molar-refractivity contribution in [2.45, 2.75) is 51.7 Å². The molecule has 0 saturated heterocycles. The van der Waals surface area contributed by atoms with Gasteiger partial charge in [-0.05, 0) is 63.3 Å². The zero-order chi connectivity index (χ0) is 13.2. The molecular formula is C15H23NO2. The van der Waals surface area contributed by atoms with Crippen LogP contribution in [-0.2, 0) is 11.3 Å². The molecule has 0 spiro atoms. The summed E-state index contributed by atoms with van der Waals surface area (Å²) in [4.78, 5) is 5.71. The second-order valence-electron chi connectivity index (χ2n) is 5.84. The summed E-state index contributed by atoms with van der Waals surface area (Å²) < 4.78 is 5.31. The van der Waals surface area contributed by atoms with Crippen LogP contribution in [0, 0.1) is 0 Å². The number of methoxy groups -OCH3 is 1. The summed E-state index contributed by atoms with van der Waals surface area (Å²) in [5.41, 5.74) is 5.75. The first-order valence-corrected chi connectivity index (χ1v) is 6.60. The molecule has 18 heavy (non-hydrogen) atoms. The predicted octanol–water partition coefficient (Wildman–Crippen LogP) is 3.39. The predicted molar refractivity (Wildman–Crippen MR) is 72.6 cm³/mol. The molecule has 0 aliphatic heterocycles. The Morgan fingerprint density at radius 3 is 2.72 bits per heavy atom. The topological polar surface area (TPSA) is 30.5 Å². The van der Waals surface area contributed by atoms with Gasteiger partial charge in [-0.1, -0.05) is 6.07 Å². The Labute approximate surface area is 109 Å². The van der Waals surface area contributed by atoms with E-state index in [0.717, 1.165) is 18.6 Å². The van der Waals surface area contributed by atoms with E-state index >= 15 is 0 Å². The average molecular weight is 249 g/mol. The molecule has 0 bridgehead atoms. The first kappa shape index (κ1) is 13.4. The highest BCUT2D eigenvalue weighted by Gasteiger charge is 2.22. The van der Waals surface area contributed by atoms with Gasteiger partial charge in [0.25, 0.3) is 0 Å². The molecule has 1 N–H and O–H groups in total. The maximum atomic E-state index is 5.71. The number of hydrogen-bond donors (Lipinski definition) is 1. The summed E-state index contributed by atoms with van der Waals surface area (Å²) in [6, 6.07) is 6.59. The Hall–Kier alpha value is -1.06. The van der Waals surface area contributed by atoms with E-state index in [2.05, 4.69) is 38.4 Å². The summed E-state index contributed by atoms with van der Waals surface area (Å²) >= 11 is 0. The Bertz CT molecular complexity index is 409. The van der Waals surface area contributed by atoms with Crippen molar-refractivity contribution < 1.29 is 9.57 Å². The first-order valence-electron chi connectivity index (χ1n) is 6.60. The second-order valence-corrected chi connectivity index (χ2v) is 5.84. The van der Waals surface area contributed by atoms with Gasteiger partial charge < -0.3 is 4.74 Å². The van der Waals surface area contributed by atoms with E-state index in [1.807, 2.05) is 6.07 Å². The number of fused-ring (bicyclic) bond motifs is 1. The quantitative estimate of drug-likeness (QED) is 0.833. The minimum Gasteiger partial charge on any atom is -0.497 e. The lowest BCUT2D eigenvalue weighted by Crippen LogP contribution is -2.33. The van der Waals surface area contributed by atoms with Crippen LogP contribution in [0.4, 0.5) is 0 Å². The fraction of sp³-hybridized carbons (Fsp3) is 0.600. The summed E-state index contributed by atoms with van der Waals surface area (Å²) in [6.07, 6.45) is 3.45. The fourth-order valence-electron chi connectivity index (χ4n) is 2.27. The van der Waals surface area contributed by atoms with Crippen molar-refractivity contribution in [2.75, 3.05) is 7.11 Å². The highest BCUT2D eigenvalue weighted by molar-refractivity contribution is 5.39. The molecule has 1 atom stereocenters. The Morgan fingerprint density at radius 2 is 2.06 bits per heavy atom. The van der Waals surface area contributed by atoms with Crippen LogP contribution in [0.2, 0.25) is 0 Å². The van der Waals surface area contributed by atoms with E-state index in [1.54, 1.807) is 7.11 Å². The van der Waals surface area contributed by atoms with Crippen molar-refractivity contribution >= 4 is 0 Å². The number of benzene rings is 1. The standard InChI is InChI=1S/C15H23NO2/c1-15(2,3)18-16-14-7-5-6-11-8-9-12(17-4)10-13(11)14/h8-10,14,16H,5-7H2,1-4H3. The molecule has 1 aromatic carbocycles. The number of hydroxylamine groups is 1. The van der Waals surface area contributed by atoms with Gasteiger partial charge in [-0.25, -0.2) is 0 Å². The molecule has 1 aliphatic carbocycles. The molecular weight excluding hydrogens is 226 g/mol. The van der Waals surface area contributed by atoms with E-state index < -0.39 is 0 Å². The zero-order valence-electron chi connectivity index (χ0n) is 11.7. The van der Waals surface area contributed by atoms with Crippen LogP contribution in [0.1, 0.15) is 50.8 Å². The summed E-state index contributed by atoms with van der Waals surface area (Å²) in [5, 5.41) is 0. The average Bonchev–Trinajstić information content (AvgIpc) is 2.34. The highest BCUT2D eigenvalue weighted by Crippen LogP contribution is 2.32. The van der Waals surface area contributed by atoms with Gasteiger partial charge in [0.2, 0.25) is 0 Å². The summed E-state index contributed by atoms with van der Waals surface area (Å²) in [5.74, 6) is 0.915. The van der Waals surface area contributed by atoms with E-state index in [-0.39, 0.29) is 11.6 Å². The van der Waals surface area contributed by atoms with Crippen LogP contribution in [0.25, 0.3) is 0 Å². The molecule has 1 aromatic rings. The molecule has 0 fully saturated rings. The van der Waals surface area contributed by atoms with Crippen molar-refractivity contribution in [3.63, 3.8) is 0 Å². The molecule has 1 unspecified atom stereocenters. The number of rotatable bonds is 3.